The van der Waals surface area contributed by atoms with E-state index in [4.69, 9.17) is 4.74 Å². The topological polar surface area (TPSA) is 71.5 Å². The van der Waals surface area contributed by atoms with Crippen molar-refractivity contribution in [2.24, 2.45) is 5.41 Å². The zero-order chi connectivity index (χ0) is 17.0. The standard InChI is InChI=1S/C18H22N2O3S/c1-13-20-16(10-24-13)14-2-4-15(5-3-14)17(22)19-11-18(6-8-21)7-9-23-12-18/h2-5,10,21H,6-9,11-12H2,1H3,(H,19,22)/t18-/m0/s1. The van der Waals surface area contributed by atoms with Gasteiger partial charge in [-0.3, -0.25) is 4.79 Å². The van der Waals surface area contributed by atoms with Crippen molar-refractivity contribution in [2.75, 3.05) is 26.4 Å². The van der Waals surface area contributed by atoms with Crippen LogP contribution >= 0.6 is 11.3 Å². The summed E-state index contributed by atoms with van der Waals surface area (Å²) in [5, 5.41) is 15.3. The van der Waals surface area contributed by atoms with Crippen molar-refractivity contribution in [3.8, 4) is 11.3 Å². The second kappa shape index (κ2) is 7.42. The summed E-state index contributed by atoms with van der Waals surface area (Å²) in [6.07, 6.45) is 1.52. The largest absolute Gasteiger partial charge is 0.396 e. The van der Waals surface area contributed by atoms with Gasteiger partial charge in [-0.15, -0.1) is 11.3 Å². The Morgan fingerprint density at radius 2 is 2.21 bits per heavy atom. The molecule has 24 heavy (non-hydrogen) atoms. The summed E-state index contributed by atoms with van der Waals surface area (Å²) in [5.74, 6) is -0.0970. The quantitative estimate of drug-likeness (QED) is 0.843. The van der Waals surface area contributed by atoms with Gasteiger partial charge in [-0.05, 0) is 31.9 Å². The van der Waals surface area contributed by atoms with E-state index in [1.54, 1.807) is 11.3 Å². The number of carbonyl (C=O) groups excluding carboxylic acids is 1. The Morgan fingerprint density at radius 3 is 2.79 bits per heavy atom. The molecule has 6 heteroatoms. The van der Waals surface area contributed by atoms with Gasteiger partial charge >= 0.3 is 0 Å². The van der Waals surface area contributed by atoms with Gasteiger partial charge in [0.05, 0.1) is 17.3 Å². The molecule has 1 saturated heterocycles. The number of aromatic nitrogens is 1. The molecule has 3 rings (SSSR count). The van der Waals surface area contributed by atoms with E-state index in [1.165, 1.54) is 0 Å². The number of aliphatic hydroxyl groups excluding tert-OH is 1. The summed E-state index contributed by atoms with van der Waals surface area (Å²) in [5.41, 5.74) is 2.44. The molecule has 0 spiro atoms. The van der Waals surface area contributed by atoms with E-state index in [9.17, 15) is 9.90 Å². The molecule has 1 fully saturated rings. The number of hydrogen-bond donors (Lipinski definition) is 2. The fourth-order valence-corrected chi connectivity index (χ4v) is 3.59. The van der Waals surface area contributed by atoms with Gasteiger partial charge in [-0.1, -0.05) is 12.1 Å². The number of rotatable bonds is 6. The molecule has 0 aliphatic carbocycles. The molecule has 0 saturated carbocycles. The third-order valence-electron chi connectivity index (χ3n) is 4.51. The van der Waals surface area contributed by atoms with Gasteiger partial charge in [0.25, 0.3) is 5.91 Å². The molecule has 2 heterocycles. The molecule has 5 nitrogen and oxygen atoms in total. The van der Waals surface area contributed by atoms with Crippen molar-refractivity contribution in [3.63, 3.8) is 0 Å². The van der Waals surface area contributed by atoms with Crippen LogP contribution in [0.1, 0.15) is 28.2 Å². The van der Waals surface area contributed by atoms with Crippen molar-refractivity contribution in [3.05, 3.63) is 40.2 Å². The average molecular weight is 346 g/mol. The molecule has 1 aromatic heterocycles. The van der Waals surface area contributed by atoms with Gasteiger partial charge in [0, 0.05) is 41.7 Å². The average Bonchev–Trinajstić information content (AvgIpc) is 3.23. The lowest BCUT2D eigenvalue weighted by Gasteiger charge is -2.26. The van der Waals surface area contributed by atoms with E-state index >= 15 is 0 Å². The number of carbonyl (C=O) groups is 1. The van der Waals surface area contributed by atoms with E-state index in [-0.39, 0.29) is 17.9 Å². The number of hydrogen-bond acceptors (Lipinski definition) is 5. The van der Waals surface area contributed by atoms with E-state index in [0.717, 1.165) is 22.7 Å². The second-order valence-corrected chi connectivity index (χ2v) is 7.35. The lowest BCUT2D eigenvalue weighted by molar-refractivity contribution is 0.0889. The van der Waals surface area contributed by atoms with Crippen LogP contribution in [0.25, 0.3) is 11.3 Å². The Kier molecular flexibility index (Phi) is 5.28. The minimum Gasteiger partial charge on any atom is -0.396 e. The van der Waals surface area contributed by atoms with E-state index in [0.29, 0.717) is 31.7 Å². The van der Waals surface area contributed by atoms with Gasteiger partial charge in [0.2, 0.25) is 0 Å². The maximum absolute atomic E-state index is 12.4. The molecule has 0 bridgehead atoms. The normalized spacial score (nSPS) is 20.2. The first-order valence-corrected chi connectivity index (χ1v) is 8.99. The third-order valence-corrected chi connectivity index (χ3v) is 5.29. The third kappa shape index (κ3) is 3.83. The van der Waals surface area contributed by atoms with Gasteiger partial charge in [0.15, 0.2) is 0 Å². The van der Waals surface area contributed by atoms with Gasteiger partial charge in [-0.25, -0.2) is 4.98 Å². The molecule has 1 aromatic carbocycles. The first-order chi connectivity index (χ1) is 11.6. The predicted molar refractivity (Wildman–Crippen MR) is 94.2 cm³/mol. The number of aliphatic hydroxyl groups is 1. The summed E-state index contributed by atoms with van der Waals surface area (Å²) in [7, 11) is 0. The fraction of sp³-hybridized carbons (Fsp3) is 0.444. The fourth-order valence-electron chi connectivity index (χ4n) is 2.97. The van der Waals surface area contributed by atoms with Gasteiger partial charge in [0.1, 0.15) is 0 Å². The summed E-state index contributed by atoms with van der Waals surface area (Å²) in [6.45, 7) is 3.90. The number of benzene rings is 1. The monoisotopic (exact) mass is 346 g/mol. The minimum absolute atomic E-state index is 0.0970. The highest BCUT2D eigenvalue weighted by molar-refractivity contribution is 7.09. The Morgan fingerprint density at radius 1 is 1.42 bits per heavy atom. The Balaban J connectivity index is 1.62. The molecule has 2 N–H and O–H groups in total. The van der Waals surface area contributed by atoms with Crippen LogP contribution in [0.5, 0.6) is 0 Å². The van der Waals surface area contributed by atoms with Gasteiger partial charge < -0.3 is 15.2 Å². The molecular weight excluding hydrogens is 324 g/mol. The predicted octanol–water partition coefficient (Wildman–Crippen LogP) is 2.64. The smallest absolute Gasteiger partial charge is 0.251 e. The summed E-state index contributed by atoms with van der Waals surface area (Å²) >= 11 is 1.61. The van der Waals surface area contributed by atoms with E-state index in [1.807, 2.05) is 36.6 Å². The van der Waals surface area contributed by atoms with Crippen LogP contribution in [0.3, 0.4) is 0 Å². The van der Waals surface area contributed by atoms with Crippen LogP contribution in [0, 0.1) is 12.3 Å². The maximum Gasteiger partial charge on any atom is 0.251 e. The number of thiazole rings is 1. The molecular formula is C18H22N2O3S. The van der Waals surface area contributed by atoms with Crippen molar-refractivity contribution >= 4 is 17.2 Å². The minimum atomic E-state index is -0.136. The van der Waals surface area contributed by atoms with Crippen molar-refractivity contribution in [1.29, 1.82) is 0 Å². The number of ether oxygens (including phenoxy) is 1. The second-order valence-electron chi connectivity index (χ2n) is 6.29. The van der Waals surface area contributed by atoms with E-state index < -0.39 is 0 Å². The SMILES string of the molecule is Cc1nc(-c2ccc(C(=O)NC[C@]3(CCO)CCOC3)cc2)cs1. The van der Waals surface area contributed by atoms with Crippen LogP contribution in [0.4, 0.5) is 0 Å². The molecule has 1 atom stereocenters. The van der Waals surface area contributed by atoms with Crippen LogP contribution in [-0.4, -0.2) is 42.4 Å². The van der Waals surface area contributed by atoms with Crippen molar-refractivity contribution < 1.29 is 14.6 Å². The van der Waals surface area contributed by atoms with Crippen LogP contribution < -0.4 is 5.32 Å². The number of nitrogens with one attached hydrogen (secondary N) is 1. The van der Waals surface area contributed by atoms with Crippen LogP contribution in [0.15, 0.2) is 29.6 Å². The molecule has 1 aliphatic heterocycles. The lowest BCUT2D eigenvalue weighted by atomic mass is 9.84. The Labute approximate surface area is 145 Å². The van der Waals surface area contributed by atoms with Crippen LogP contribution in [0.2, 0.25) is 0 Å². The summed E-state index contributed by atoms with van der Waals surface area (Å²) < 4.78 is 5.45. The summed E-state index contributed by atoms with van der Waals surface area (Å²) in [6, 6.07) is 7.49. The lowest BCUT2D eigenvalue weighted by Crippen LogP contribution is -2.38. The Bertz CT molecular complexity index is 691. The molecule has 1 amide bonds. The first kappa shape index (κ1) is 17.1. The first-order valence-electron chi connectivity index (χ1n) is 8.11. The van der Waals surface area contributed by atoms with Crippen molar-refractivity contribution in [1.82, 2.24) is 10.3 Å². The highest BCUT2D eigenvalue weighted by Gasteiger charge is 2.34. The molecule has 2 aromatic rings. The van der Waals surface area contributed by atoms with Crippen molar-refractivity contribution in [2.45, 2.75) is 19.8 Å². The van der Waals surface area contributed by atoms with E-state index in [2.05, 4.69) is 10.3 Å². The molecule has 0 unspecified atom stereocenters. The number of aryl methyl sites for hydroxylation is 1. The van der Waals surface area contributed by atoms with Crippen LogP contribution in [-0.2, 0) is 4.74 Å². The maximum atomic E-state index is 12.4. The zero-order valence-corrected chi connectivity index (χ0v) is 14.6. The molecule has 1 aliphatic rings. The highest BCUT2D eigenvalue weighted by atomic mass is 32.1. The van der Waals surface area contributed by atoms with Gasteiger partial charge in [-0.2, -0.15) is 0 Å². The zero-order valence-electron chi connectivity index (χ0n) is 13.7. The molecule has 128 valence electrons. The summed E-state index contributed by atoms with van der Waals surface area (Å²) in [4.78, 5) is 16.8. The molecule has 0 radical (unpaired) electrons. The number of nitrogens with zero attached hydrogens (tertiary/aromatic N) is 1. The number of amides is 1. The highest BCUT2D eigenvalue weighted by Crippen LogP contribution is 2.31. The Hall–Kier alpha value is -1.76.